The number of carboxylic acids is 1. The van der Waals surface area contributed by atoms with Gasteiger partial charge in [0.2, 0.25) is 0 Å². The number of hydrogen-bond donors (Lipinski definition) is 1. The van der Waals surface area contributed by atoms with Crippen LogP contribution in [-0.2, 0) is 10.2 Å². The number of tetrazole rings is 1. The Hall–Kier alpha value is -2.05. The van der Waals surface area contributed by atoms with E-state index in [0.29, 0.717) is 24.2 Å². The van der Waals surface area contributed by atoms with Gasteiger partial charge in [0, 0.05) is 0 Å². The number of hydrogen-bond acceptors (Lipinski definition) is 5. The van der Waals surface area contributed by atoms with Gasteiger partial charge in [0.1, 0.15) is 5.41 Å². The Kier molecular flexibility index (Phi) is 1.38. The van der Waals surface area contributed by atoms with Crippen molar-refractivity contribution in [1.29, 1.82) is 0 Å². The summed E-state index contributed by atoms with van der Waals surface area (Å²) in [6.07, 6.45) is 1.26. The summed E-state index contributed by atoms with van der Waals surface area (Å²) in [5.41, 5.74) is 0.231. The van der Waals surface area contributed by atoms with Gasteiger partial charge in [-0.3, -0.25) is 4.79 Å². The van der Waals surface area contributed by atoms with Gasteiger partial charge in [0.05, 0.1) is 5.69 Å². The van der Waals surface area contributed by atoms with Crippen molar-refractivity contribution in [2.24, 2.45) is 0 Å². The van der Waals surface area contributed by atoms with Crippen molar-refractivity contribution in [3.05, 3.63) is 17.8 Å². The molecule has 0 spiro atoms. The van der Waals surface area contributed by atoms with Crippen LogP contribution in [0, 0.1) is 0 Å². The molecule has 2 aromatic rings. The second-order valence-electron chi connectivity index (χ2n) is 3.63. The van der Waals surface area contributed by atoms with E-state index in [1.54, 1.807) is 12.1 Å². The minimum absolute atomic E-state index is 0.514. The van der Waals surface area contributed by atoms with Crippen molar-refractivity contribution in [3.63, 3.8) is 0 Å². The van der Waals surface area contributed by atoms with Crippen molar-refractivity contribution in [2.75, 3.05) is 0 Å². The maximum Gasteiger partial charge on any atom is 0.315 e. The van der Waals surface area contributed by atoms with E-state index in [9.17, 15) is 4.79 Å². The number of fused-ring (bicyclic) bond motifs is 1. The largest absolute Gasteiger partial charge is 0.481 e. The minimum Gasteiger partial charge on any atom is -0.481 e. The van der Waals surface area contributed by atoms with Gasteiger partial charge < -0.3 is 5.11 Å². The number of aromatic nitrogens is 5. The molecule has 0 amide bonds. The highest BCUT2D eigenvalue weighted by atomic mass is 16.4. The number of rotatable bonds is 2. The second kappa shape index (κ2) is 2.50. The summed E-state index contributed by atoms with van der Waals surface area (Å²) in [5.74, 6) is -0.831. The SMILES string of the molecule is O=C(O)C1(c2ccc3nnnn3n2)CC1. The third-order valence-corrected chi connectivity index (χ3v) is 2.72. The van der Waals surface area contributed by atoms with Crippen LogP contribution >= 0.6 is 0 Å². The molecular weight excluding hydrogens is 198 g/mol. The van der Waals surface area contributed by atoms with Crippen LogP contribution in [0.1, 0.15) is 18.5 Å². The van der Waals surface area contributed by atoms with E-state index in [4.69, 9.17) is 5.11 Å². The summed E-state index contributed by atoms with van der Waals surface area (Å²) < 4.78 is 1.25. The molecule has 0 bridgehead atoms. The van der Waals surface area contributed by atoms with Gasteiger partial charge in [-0.2, -0.15) is 5.10 Å². The highest BCUT2D eigenvalue weighted by Crippen LogP contribution is 2.47. The first kappa shape index (κ1) is 8.27. The van der Waals surface area contributed by atoms with Gasteiger partial charge in [-0.15, -0.1) is 9.73 Å². The maximum absolute atomic E-state index is 11.1. The first-order valence-electron chi connectivity index (χ1n) is 4.52. The van der Waals surface area contributed by atoms with E-state index in [-0.39, 0.29) is 0 Å². The van der Waals surface area contributed by atoms with Crippen LogP contribution in [-0.4, -0.2) is 36.3 Å². The Morgan fingerprint density at radius 2 is 2.27 bits per heavy atom. The molecule has 0 saturated heterocycles. The lowest BCUT2D eigenvalue weighted by Crippen LogP contribution is -2.22. The highest BCUT2D eigenvalue weighted by Gasteiger charge is 2.53. The molecule has 76 valence electrons. The van der Waals surface area contributed by atoms with E-state index in [2.05, 4.69) is 20.6 Å². The molecule has 1 fully saturated rings. The van der Waals surface area contributed by atoms with E-state index in [1.165, 1.54) is 4.63 Å². The Morgan fingerprint density at radius 1 is 1.47 bits per heavy atom. The fourth-order valence-corrected chi connectivity index (χ4v) is 1.61. The third-order valence-electron chi connectivity index (χ3n) is 2.72. The molecule has 0 atom stereocenters. The van der Waals surface area contributed by atoms with Crippen LogP contribution in [0.15, 0.2) is 12.1 Å². The monoisotopic (exact) mass is 205 g/mol. The average Bonchev–Trinajstić information content (AvgIpc) is 2.91. The Morgan fingerprint density at radius 3 is 2.93 bits per heavy atom. The molecule has 1 N–H and O–H groups in total. The molecule has 0 radical (unpaired) electrons. The molecular formula is C8H7N5O2. The molecule has 3 rings (SSSR count). The maximum atomic E-state index is 11.1. The number of carboxylic acid groups (broad SMARTS) is 1. The smallest absolute Gasteiger partial charge is 0.315 e. The summed E-state index contributed by atoms with van der Waals surface area (Å²) in [6.45, 7) is 0. The quantitative estimate of drug-likeness (QED) is 0.719. The second-order valence-corrected chi connectivity index (χ2v) is 3.63. The van der Waals surface area contributed by atoms with E-state index in [1.807, 2.05) is 0 Å². The van der Waals surface area contributed by atoms with Crippen LogP contribution in [0.5, 0.6) is 0 Å². The van der Waals surface area contributed by atoms with Crippen LogP contribution in [0.3, 0.4) is 0 Å². The normalized spacial score (nSPS) is 17.9. The van der Waals surface area contributed by atoms with E-state index in [0.717, 1.165) is 0 Å². The Labute approximate surface area is 83.7 Å². The first-order valence-corrected chi connectivity index (χ1v) is 4.52. The number of aliphatic carboxylic acids is 1. The van der Waals surface area contributed by atoms with Crippen LogP contribution < -0.4 is 0 Å². The first-order chi connectivity index (χ1) is 7.22. The van der Waals surface area contributed by atoms with Crippen molar-refractivity contribution in [1.82, 2.24) is 25.3 Å². The zero-order valence-corrected chi connectivity index (χ0v) is 7.66. The summed E-state index contributed by atoms with van der Waals surface area (Å²) >= 11 is 0. The number of carbonyl (C=O) groups is 1. The van der Waals surface area contributed by atoms with Crippen molar-refractivity contribution >= 4 is 11.6 Å². The lowest BCUT2D eigenvalue weighted by Gasteiger charge is -2.07. The van der Waals surface area contributed by atoms with Crippen molar-refractivity contribution in [2.45, 2.75) is 18.3 Å². The zero-order chi connectivity index (χ0) is 10.5. The van der Waals surface area contributed by atoms with Crippen LogP contribution in [0.25, 0.3) is 5.65 Å². The van der Waals surface area contributed by atoms with Gasteiger partial charge in [-0.25, -0.2) is 0 Å². The summed E-state index contributed by atoms with van der Waals surface area (Å²) in [6, 6.07) is 3.35. The fraction of sp³-hybridized carbons (Fsp3) is 0.375. The number of nitrogens with zero attached hydrogens (tertiary/aromatic N) is 5. The molecule has 15 heavy (non-hydrogen) atoms. The predicted octanol–water partition coefficient (Wildman–Crippen LogP) is -0.365. The van der Waals surface area contributed by atoms with Gasteiger partial charge in [-0.05, 0) is 35.4 Å². The van der Waals surface area contributed by atoms with Gasteiger partial charge in [0.15, 0.2) is 5.65 Å². The molecule has 1 aliphatic carbocycles. The van der Waals surface area contributed by atoms with Crippen LogP contribution in [0.2, 0.25) is 0 Å². The molecule has 2 heterocycles. The molecule has 0 unspecified atom stereocenters. The summed E-state index contributed by atoms with van der Waals surface area (Å²) in [7, 11) is 0. The molecule has 2 aromatic heterocycles. The fourth-order valence-electron chi connectivity index (χ4n) is 1.61. The predicted molar refractivity (Wildman–Crippen MR) is 47.1 cm³/mol. The molecule has 1 saturated carbocycles. The van der Waals surface area contributed by atoms with E-state index < -0.39 is 11.4 Å². The zero-order valence-electron chi connectivity index (χ0n) is 7.66. The van der Waals surface area contributed by atoms with Crippen LogP contribution in [0.4, 0.5) is 0 Å². The van der Waals surface area contributed by atoms with Crippen molar-refractivity contribution in [3.8, 4) is 0 Å². The van der Waals surface area contributed by atoms with Gasteiger partial charge >= 0.3 is 5.97 Å². The lowest BCUT2D eigenvalue weighted by molar-refractivity contribution is -0.140. The molecule has 0 aromatic carbocycles. The Bertz CT molecular complexity index is 545. The molecule has 0 aliphatic heterocycles. The minimum atomic E-state index is -0.831. The standard InChI is InChI=1S/C8H7N5O2/c14-7(15)8(3-4-8)5-1-2-6-9-11-12-13(6)10-5/h1-2H,3-4H2,(H,14,15). The van der Waals surface area contributed by atoms with Crippen molar-refractivity contribution < 1.29 is 9.90 Å². The average molecular weight is 205 g/mol. The van der Waals surface area contributed by atoms with Gasteiger partial charge in [0.25, 0.3) is 0 Å². The van der Waals surface area contributed by atoms with Gasteiger partial charge in [-0.1, -0.05) is 0 Å². The lowest BCUT2D eigenvalue weighted by atomic mass is 10.0. The summed E-state index contributed by atoms with van der Waals surface area (Å²) in [5, 5.41) is 23.9. The molecule has 7 heteroatoms. The van der Waals surface area contributed by atoms with E-state index >= 15 is 0 Å². The topological polar surface area (TPSA) is 93.3 Å². The summed E-state index contributed by atoms with van der Waals surface area (Å²) in [4.78, 5) is 11.1. The molecule has 1 aliphatic rings. The highest BCUT2D eigenvalue weighted by molar-refractivity contribution is 5.84. The Balaban J connectivity index is 2.15. The third kappa shape index (κ3) is 1.03. The molecule has 7 nitrogen and oxygen atoms in total.